The summed E-state index contributed by atoms with van der Waals surface area (Å²) in [5.41, 5.74) is 6.67. The van der Waals surface area contributed by atoms with Crippen LogP contribution in [0.4, 0.5) is 0 Å². The van der Waals surface area contributed by atoms with E-state index >= 15 is 0 Å². The molecule has 0 bridgehead atoms. The van der Waals surface area contributed by atoms with Gasteiger partial charge in [-0.15, -0.1) is 0 Å². The minimum absolute atomic E-state index is 0.540. The Morgan fingerprint density at radius 2 is 2.00 bits per heavy atom. The molecule has 0 heterocycles. The molecule has 0 aliphatic heterocycles. The Morgan fingerprint density at radius 3 is 2.53 bits per heavy atom. The fraction of sp³-hybridized carbons (Fsp3) is 0.455. The van der Waals surface area contributed by atoms with E-state index in [2.05, 4.69) is 0 Å². The van der Waals surface area contributed by atoms with Crippen LogP contribution in [0.5, 0.6) is 0 Å². The number of hydrogen-bond acceptors (Lipinski definition) is 2. The summed E-state index contributed by atoms with van der Waals surface area (Å²) in [5.74, 6) is 0.646. The highest BCUT2D eigenvalue weighted by atomic mass is 32.2. The van der Waals surface area contributed by atoms with Crippen molar-refractivity contribution in [3.8, 4) is 0 Å². The molecule has 1 aromatic carbocycles. The van der Waals surface area contributed by atoms with Crippen LogP contribution in [0.1, 0.15) is 12.5 Å². The maximum Gasteiger partial charge on any atom is 0.0943 e. The molecule has 4 heteroatoms. The van der Waals surface area contributed by atoms with Gasteiger partial charge in [-0.2, -0.15) is 0 Å². The minimum atomic E-state index is -0.912. The lowest BCUT2D eigenvalue weighted by Gasteiger charge is -2.19. The summed E-state index contributed by atoms with van der Waals surface area (Å²) in [6.07, 6.45) is 0. The molecule has 0 fully saturated rings. The van der Waals surface area contributed by atoms with E-state index in [0.29, 0.717) is 25.4 Å². The van der Waals surface area contributed by atoms with E-state index in [1.54, 1.807) is 0 Å². The van der Waals surface area contributed by atoms with Crippen molar-refractivity contribution in [1.29, 1.82) is 0 Å². The second-order valence-electron chi connectivity index (χ2n) is 3.25. The van der Waals surface area contributed by atoms with Crippen molar-refractivity contribution in [2.75, 3.05) is 18.8 Å². The fourth-order valence-electron chi connectivity index (χ4n) is 1.37. The zero-order valence-corrected chi connectivity index (χ0v) is 9.87. The quantitative estimate of drug-likeness (QED) is 0.790. The molecule has 0 aliphatic rings. The van der Waals surface area contributed by atoms with Crippen LogP contribution < -0.4 is 5.73 Å². The van der Waals surface area contributed by atoms with Crippen molar-refractivity contribution >= 4 is 11.0 Å². The van der Waals surface area contributed by atoms with Crippen molar-refractivity contribution in [3.05, 3.63) is 35.9 Å². The molecule has 84 valence electrons. The SMILES string of the molecule is CCS(=O)N(CCN)Cc1ccccc1. The van der Waals surface area contributed by atoms with E-state index < -0.39 is 11.0 Å². The largest absolute Gasteiger partial charge is 0.329 e. The van der Waals surface area contributed by atoms with E-state index in [-0.39, 0.29) is 0 Å². The summed E-state index contributed by atoms with van der Waals surface area (Å²) in [5, 5.41) is 0. The Kier molecular flexibility index (Phi) is 5.53. The maximum atomic E-state index is 11.7. The van der Waals surface area contributed by atoms with Gasteiger partial charge in [0.15, 0.2) is 0 Å². The highest BCUT2D eigenvalue weighted by Crippen LogP contribution is 2.06. The number of hydrogen-bond donors (Lipinski definition) is 1. The van der Waals surface area contributed by atoms with Gasteiger partial charge in [-0.1, -0.05) is 37.3 Å². The molecule has 0 saturated carbocycles. The van der Waals surface area contributed by atoms with E-state index in [4.69, 9.17) is 5.73 Å². The lowest BCUT2D eigenvalue weighted by molar-refractivity contribution is 0.450. The molecule has 1 aromatic rings. The molecule has 0 aromatic heterocycles. The van der Waals surface area contributed by atoms with Gasteiger partial charge in [0.1, 0.15) is 0 Å². The summed E-state index contributed by atoms with van der Waals surface area (Å²) in [6, 6.07) is 10.0. The Balaban J connectivity index is 2.62. The summed E-state index contributed by atoms with van der Waals surface area (Å²) >= 11 is 0. The van der Waals surface area contributed by atoms with Crippen LogP contribution in [0.25, 0.3) is 0 Å². The second kappa shape index (κ2) is 6.71. The first-order chi connectivity index (χ1) is 7.27. The standard InChI is InChI=1S/C11H18N2OS/c1-2-15(14)13(9-8-12)10-11-6-4-3-5-7-11/h3-7H,2,8-10,12H2,1H3. The highest BCUT2D eigenvalue weighted by Gasteiger charge is 2.10. The van der Waals surface area contributed by atoms with Crippen molar-refractivity contribution in [3.63, 3.8) is 0 Å². The van der Waals surface area contributed by atoms with Crippen LogP contribution in [0.15, 0.2) is 30.3 Å². The summed E-state index contributed by atoms with van der Waals surface area (Å²) in [6.45, 7) is 3.84. The predicted molar refractivity (Wildman–Crippen MR) is 64.6 cm³/mol. The van der Waals surface area contributed by atoms with E-state index in [1.165, 1.54) is 5.56 Å². The maximum absolute atomic E-state index is 11.7. The molecule has 1 unspecified atom stereocenters. The lowest BCUT2D eigenvalue weighted by atomic mass is 10.2. The van der Waals surface area contributed by atoms with Crippen LogP contribution in [-0.2, 0) is 17.5 Å². The average Bonchev–Trinajstić information content (AvgIpc) is 2.29. The molecule has 15 heavy (non-hydrogen) atoms. The molecular formula is C11H18N2OS. The van der Waals surface area contributed by atoms with Gasteiger partial charge >= 0.3 is 0 Å². The van der Waals surface area contributed by atoms with Gasteiger partial charge in [-0.05, 0) is 5.56 Å². The Hall–Kier alpha value is -0.710. The van der Waals surface area contributed by atoms with Crippen LogP contribution in [0.3, 0.4) is 0 Å². The van der Waals surface area contributed by atoms with E-state index in [0.717, 1.165) is 0 Å². The van der Waals surface area contributed by atoms with Crippen LogP contribution in [0.2, 0.25) is 0 Å². The number of nitrogens with zero attached hydrogens (tertiary/aromatic N) is 1. The van der Waals surface area contributed by atoms with E-state index in [9.17, 15) is 4.21 Å². The zero-order chi connectivity index (χ0) is 11.1. The average molecular weight is 226 g/mol. The lowest BCUT2D eigenvalue weighted by Crippen LogP contribution is -2.31. The zero-order valence-electron chi connectivity index (χ0n) is 9.06. The Labute approximate surface area is 93.9 Å². The van der Waals surface area contributed by atoms with Gasteiger partial charge in [0.2, 0.25) is 0 Å². The van der Waals surface area contributed by atoms with Gasteiger partial charge in [0, 0.05) is 25.4 Å². The van der Waals surface area contributed by atoms with Crippen molar-refractivity contribution in [2.24, 2.45) is 5.73 Å². The van der Waals surface area contributed by atoms with Crippen molar-refractivity contribution < 1.29 is 4.21 Å². The first-order valence-electron chi connectivity index (χ1n) is 5.15. The van der Waals surface area contributed by atoms with E-state index in [1.807, 2.05) is 41.6 Å². The molecule has 3 nitrogen and oxygen atoms in total. The molecular weight excluding hydrogens is 208 g/mol. The molecule has 1 atom stereocenters. The number of benzene rings is 1. The van der Waals surface area contributed by atoms with Crippen LogP contribution in [-0.4, -0.2) is 27.4 Å². The Morgan fingerprint density at radius 1 is 1.33 bits per heavy atom. The second-order valence-corrected chi connectivity index (χ2v) is 4.98. The monoisotopic (exact) mass is 226 g/mol. The van der Waals surface area contributed by atoms with Gasteiger partial charge in [0.25, 0.3) is 0 Å². The Bertz CT molecular complexity index is 303. The predicted octanol–water partition coefficient (Wildman–Crippen LogP) is 1.13. The minimum Gasteiger partial charge on any atom is -0.329 e. The van der Waals surface area contributed by atoms with Crippen LogP contribution >= 0.6 is 0 Å². The molecule has 1 rings (SSSR count). The molecule has 0 radical (unpaired) electrons. The van der Waals surface area contributed by atoms with Crippen molar-refractivity contribution in [1.82, 2.24) is 4.31 Å². The number of nitrogens with two attached hydrogens (primary N) is 1. The fourth-order valence-corrected chi connectivity index (χ4v) is 2.33. The normalized spacial score (nSPS) is 13.0. The van der Waals surface area contributed by atoms with Crippen LogP contribution in [0, 0.1) is 0 Å². The highest BCUT2D eigenvalue weighted by molar-refractivity contribution is 7.82. The first-order valence-corrected chi connectivity index (χ1v) is 6.43. The molecule has 0 saturated heterocycles. The molecule has 0 spiro atoms. The summed E-state index contributed by atoms with van der Waals surface area (Å²) in [4.78, 5) is 0. The third kappa shape index (κ3) is 4.11. The van der Waals surface area contributed by atoms with Gasteiger partial charge in [0.05, 0.1) is 11.0 Å². The first kappa shape index (κ1) is 12.4. The van der Waals surface area contributed by atoms with Crippen molar-refractivity contribution in [2.45, 2.75) is 13.5 Å². The third-order valence-corrected chi connectivity index (χ3v) is 3.50. The smallest absolute Gasteiger partial charge is 0.0943 e. The summed E-state index contributed by atoms with van der Waals surface area (Å²) < 4.78 is 13.6. The number of rotatable bonds is 6. The molecule has 2 N–H and O–H groups in total. The molecule has 0 amide bonds. The topological polar surface area (TPSA) is 46.3 Å². The molecule has 0 aliphatic carbocycles. The third-order valence-electron chi connectivity index (χ3n) is 2.12. The van der Waals surface area contributed by atoms with Gasteiger partial charge < -0.3 is 5.73 Å². The van der Waals surface area contributed by atoms with Gasteiger partial charge in [-0.25, -0.2) is 8.51 Å². The van der Waals surface area contributed by atoms with Gasteiger partial charge in [-0.3, -0.25) is 0 Å². The summed E-state index contributed by atoms with van der Waals surface area (Å²) in [7, 11) is -0.912.